The standard InChI is InChI=1S/C72H42N4O2/c1-2-16-47(17-3-1)72-73-67-65(78-72)42-61(66-60-28-14-15-29-64(60)77-68(66)67)45-32-30-43(31-33-45)52-38-39-53(57-25-9-8-24-56(52)57)44-34-36-46(37-35-44)69-74-70(62-40-48-18-4-6-20-50(48)54-22-10-12-26-58(54)62)76-71(75-69)63-41-49-19-5-7-21-51(49)55-23-11-13-27-59(55)63/h1-42H. The molecule has 0 spiro atoms. The third kappa shape index (κ3) is 7.04. The molecule has 0 aliphatic rings. The molecular formula is C72H42N4O2. The van der Waals surface area contributed by atoms with Gasteiger partial charge in [0.05, 0.1) is 0 Å². The fourth-order valence-corrected chi connectivity index (χ4v) is 11.9. The quantitative estimate of drug-likeness (QED) is 0.148. The van der Waals surface area contributed by atoms with Gasteiger partial charge in [0, 0.05) is 33.0 Å². The van der Waals surface area contributed by atoms with E-state index in [0.717, 1.165) is 110 Å². The molecule has 0 amide bonds. The summed E-state index contributed by atoms with van der Waals surface area (Å²) in [6, 6.07) is 89.7. The van der Waals surface area contributed by atoms with Gasteiger partial charge < -0.3 is 8.83 Å². The largest absolute Gasteiger partial charge is 0.454 e. The molecule has 6 nitrogen and oxygen atoms in total. The summed E-state index contributed by atoms with van der Waals surface area (Å²) in [4.78, 5) is 21.0. The van der Waals surface area contributed by atoms with Crippen LogP contribution in [0, 0.1) is 0 Å². The van der Waals surface area contributed by atoms with Crippen molar-refractivity contribution in [2.75, 3.05) is 0 Å². The lowest BCUT2D eigenvalue weighted by Crippen LogP contribution is -2.01. The van der Waals surface area contributed by atoms with Gasteiger partial charge in [-0.15, -0.1) is 0 Å². The van der Waals surface area contributed by atoms with Gasteiger partial charge >= 0.3 is 0 Å². The van der Waals surface area contributed by atoms with Gasteiger partial charge in [0.25, 0.3) is 0 Å². The first-order valence-corrected chi connectivity index (χ1v) is 26.3. The molecular weight excluding hydrogens is 953 g/mol. The van der Waals surface area contributed by atoms with Crippen LogP contribution in [0.1, 0.15) is 0 Å². The molecule has 0 bridgehead atoms. The van der Waals surface area contributed by atoms with Crippen molar-refractivity contribution in [1.29, 1.82) is 0 Å². The zero-order valence-corrected chi connectivity index (χ0v) is 41.9. The second-order valence-electron chi connectivity index (χ2n) is 20.0. The van der Waals surface area contributed by atoms with E-state index < -0.39 is 0 Å². The molecule has 0 aliphatic heterocycles. The van der Waals surface area contributed by atoms with E-state index in [4.69, 9.17) is 28.8 Å². The zero-order valence-electron chi connectivity index (χ0n) is 41.9. The molecule has 0 fully saturated rings. The molecule has 0 atom stereocenters. The Morgan fingerprint density at radius 2 is 0.667 bits per heavy atom. The van der Waals surface area contributed by atoms with Crippen LogP contribution in [0.3, 0.4) is 0 Å². The van der Waals surface area contributed by atoms with Gasteiger partial charge in [-0.25, -0.2) is 19.9 Å². The second-order valence-corrected chi connectivity index (χ2v) is 20.0. The van der Waals surface area contributed by atoms with E-state index in [1.165, 1.54) is 21.5 Å². The number of hydrogen-bond acceptors (Lipinski definition) is 6. The SMILES string of the molecule is c1ccc(-c2nc3c(cc(-c4ccc(-c5ccc(-c6ccc(-c7nc(-c8cc9ccccc9c9ccccc89)nc(-c8cc9ccccc9c9ccccc89)n7)cc6)c6ccccc56)cc4)c4c5ccccc5oc34)o2)cc1. The summed E-state index contributed by atoms with van der Waals surface area (Å²) in [5.74, 6) is 2.43. The fraction of sp³-hybridized carbons (Fsp3) is 0. The molecule has 3 heterocycles. The van der Waals surface area contributed by atoms with Gasteiger partial charge in [0.2, 0.25) is 5.89 Å². The average molecular weight is 995 g/mol. The van der Waals surface area contributed by atoms with Gasteiger partial charge in [0.1, 0.15) is 5.58 Å². The van der Waals surface area contributed by atoms with Gasteiger partial charge in [-0.3, -0.25) is 0 Å². The lowest BCUT2D eigenvalue weighted by molar-refractivity contribution is 0.620. The number of benzene rings is 13. The predicted molar refractivity (Wildman–Crippen MR) is 320 cm³/mol. The van der Waals surface area contributed by atoms with Crippen LogP contribution in [-0.4, -0.2) is 19.9 Å². The Morgan fingerprint density at radius 1 is 0.244 bits per heavy atom. The molecule has 78 heavy (non-hydrogen) atoms. The van der Waals surface area contributed by atoms with E-state index in [9.17, 15) is 0 Å². The summed E-state index contributed by atoms with van der Waals surface area (Å²) < 4.78 is 13.0. The van der Waals surface area contributed by atoms with E-state index >= 15 is 0 Å². The molecule has 0 unspecified atom stereocenters. The first-order chi connectivity index (χ1) is 38.6. The third-order valence-corrected chi connectivity index (χ3v) is 15.6. The minimum absolute atomic E-state index is 0.564. The van der Waals surface area contributed by atoms with Crippen molar-refractivity contribution in [1.82, 2.24) is 19.9 Å². The fourth-order valence-electron chi connectivity index (χ4n) is 11.9. The van der Waals surface area contributed by atoms with Crippen molar-refractivity contribution in [2.24, 2.45) is 0 Å². The minimum Gasteiger partial charge on any atom is -0.454 e. The first-order valence-electron chi connectivity index (χ1n) is 26.3. The van der Waals surface area contributed by atoms with Crippen LogP contribution in [0.25, 0.3) is 166 Å². The van der Waals surface area contributed by atoms with Crippen molar-refractivity contribution in [2.45, 2.75) is 0 Å². The minimum atomic E-state index is 0.564. The Balaban J connectivity index is 0.790. The summed E-state index contributed by atoms with van der Waals surface area (Å²) in [5.41, 5.74) is 13.3. The topological polar surface area (TPSA) is 77.8 Å². The van der Waals surface area contributed by atoms with Gasteiger partial charge in [-0.2, -0.15) is 0 Å². The normalized spacial score (nSPS) is 11.8. The van der Waals surface area contributed by atoms with Crippen LogP contribution in [0.2, 0.25) is 0 Å². The van der Waals surface area contributed by atoms with E-state index in [1.54, 1.807) is 0 Å². The molecule has 0 N–H and O–H groups in total. The highest BCUT2D eigenvalue weighted by Gasteiger charge is 2.23. The molecule has 16 aromatic rings. The molecule has 16 rings (SSSR count). The van der Waals surface area contributed by atoms with Crippen LogP contribution in [0.15, 0.2) is 264 Å². The first kappa shape index (κ1) is 43.8. The van der Waals surface area contributed by atoms with Gasteiger partial charge in [0.15, 0.2) is 34.2 Å². The summed E-state index contributed by atoms with van der Waals surface area (Å²) in [6.07, 6.45) is 0. The van der Waals surface area contributed by atoms with Gasteiger partial charge in [-0.05, 0) is 124 Å². The number of nitrogens with zero attached hydrogens (tertiary/aromatic N) is 4. The third-order valence-electron chi connectivity index (χ3n) is 15.6. The van der Waals surface area contributed by atoms with Crippen LogP contribution in [-0.2, 0) is 0 Å². The van der Waals surface area contributed by atoms with E-state index in [-0.39, 0.29) is 0 Å². The Morgan fingerprint density at radius 3 is 1.22 bits per heavy atom. The maximum Gasteiger partial charge on any atom is 0.227 e. The second kappa shape index (κ2) is 17.5. The number of furan rings is 1. The summed E-state index contributed by atoms with van der Waals surface area (Å²) in [5, 5.41) is 13.6. The highest BCUT2D eigenvalue weighted by atomic mass is 16.4. The molecule has 0 radical (unpaired) electrons. The zero-order chi connectivity index (χ0) is 51.3. The highest BCUT2D eigenvalue weighted by Crippen LogP contribution is 2.44. The smallest absolute Gasteiger partial charge is 0.227 e. The lowest BCUT2D eigenvalue weighted by Gasteiger charge is -2.15. The van der Waals surface area contributed by atoms with Crippen molar-refractivity contribution in [3.8, 4) is 79.0 Å². The summed E-state index contributed by atoms with van der Waals surface area (Å²) in [6.45, 7) is 0. The number of rotatable bonds is 7. The molecule has 6 heteroatoms. The molecule has 0 saturated carbocycles. The van der Waals surface area contributed by atoms with Crippen LogP contribution in [0.4, 0.5) is 0 Å². The van der Waals surface area contributed by atoms with Crippen LogP contribution < -0.4 is 0 Å². The van der Waals surface area contributed by atoms with Crippen molar-refractivity contribution < 1.29 is 8.83 Å². The van der Waals surface area contributed by atoms with E-state index in [2.05, 4.69) is 212 Å². The maximum atomic E-state index is 6.56. The van der Waals surface area contributed by atoms with Crippen molar-refractivity contribution in [3.05, 3.63) is 255 Å². The average Bonchev–Trinajstić information content (AvgIpc) is 4.32. The molecule has 0 aliphatic carbocycles. The Bertz CT molecular complexity index is 4940. The van der Waals surface area contributed by atoms with Gasteiger partial charge in [-0.1, -0.05) is 218 Å². The molecule has 3 aromatic heterocycles. The molecule has 13 aromatic carbocycles. The number of oxazole rings is 1. The predicted octanol–water partition coefficient (Wildman–Crippen LogP) is 19.3. The number of fused-ring (bicyclic) bond motifs is 12. The number of hydrogen-bond donors (Lipinski definition) is 0. The highest BCUT2D eigenvalue weighted by molar-refractivity contribution is 6.20. The van der Waals surface area contributed by atoms with Crippen LogP contribution in [0.5, 0.6) is 0 Å². The van der Waals surface area contributed by atoms with E-state index in [1.807, 2.05) is 42.5 Å². The Kier molecular flexibility index (Phi) is 9.84. The Labute approximate surface area is 447 Å². The Hall–Kier alpha value is -10.6. The van der Waals surface area contributed by atoms with Crippen molar-refractivity contribution >= 4 is 86.9 Å². The number of aromatic nitrogens is 4. The van der Waals surface area contributed by atoms with E-state index in [0.29, 0.717) is 34.5 Å². The van der Waals surface area contributed by atoms with Crippen molar-refractivity contribution in [3.63, 3.8) is 0 Å². The van der Waals surface area contributed by atoms with Crippen LogP contribution >= 0.6 is 0 Å². The lowest BCUT2D eigenvalue weighted by atomic mass is 9.91. The monoisotopic (exact) mass is 994 g/mol. The summed E-state index contributed by atoms with van der Waals surface area (Å²) in [7, 11) is 0. The maximum absolute atomic E-state index is 6.56. The molecule has 0 saturated heterocycles. The number of para-hydroxylation sites is 1. The summed E-state index contributed by atoms with van der Waals surface area (Å²) >= 11 is 0. The molecule has 362 valence electrons.